The monoisotopic (exact) mass is 300 g/mol. The van der Waals surface area contributed by atoms with Gasteiger partial charge in [0, 0.05) is 19.2 Å². The van der Waals surface area contributed by atoms with Gasteiger partial charge in [0.15, 0.2) is 11.6 Å². The van der Waals surface area contributed by atoms with Crippen LogP contribution in [-0.2, 0) is 0 Å². The summed E-state index contributed by atoms with van der Waals surface area (Å²) in [4.78, 5) is 11.7. The van der Waals surface area contributed by atoms with Gasteiger partial charge in [-0.1, -0.05) is 19.9 Å². The van der Waals surface area contributed by atoms with Crippen molar-refractivity contribution in [3.05, 3.63) is 35.4 Å². The van der Waals surface area contributed by atoms with E-state index in [0.29, 0.717) is 12.1 Å². The fraction of sp³-hybridized carbons (Fsp3) is 0.533. The average molecular weight is 300 g/mol. The molecule has 0 spiro atoms. The molecule has 1 rings (SSSR count). The Morgan fingerprint density at radius 2 is 1.90 bits per heavy atom. The summed E-state index contributed by atoms with van der Waals surface area (Å²) >= 11 is 0. The number of carbonyl (C=O) groups is 1. The summed E-state index contributed by atoms with van der Waals surface area (Å²) < 4.78 is 26.0. The summed E-state index contributed by atoms with van der Waals surface area (Å²) in [6.45, 7) is 5.74. The van der Waals surface area contributed by atoms with Gasteiger partial charge >= 0.3 is 6.03 Å². The molecule has 0 fully saturated rings. The van der Waals surface area contributed by atoms with Crippen molar-refractivity contribution >= 4 is 6.03 Å². The standard InChI is InChI=1S/C15H22F2N2O2/c1-9(12-4-5-13(16)14(17)6-12)7-18-15(21)19-11(3)10(2)8-20/h4-6,9-11,20H,7-8H2,1-3H3,(H2,18,19,21)/t9-,10+,11-/m1/s1. The lowest BCUT2D eigenvalue weighted by molar-refractivity contribution is 0.200. The number of nitrogens with one attached hydrogen (secondary N) is 2. The van der Waals surface area contributed by atoms with Crippen LogP contribution in [0.25, 0.3) is 0 Å². The molecular weight excluding hydrogens is 278 g/mol. The molecule has 3 atom stereocenters. The Morgan fingerprint density at radius 1 is 1.24 bits per heavy atom. The first-order chi connectivity index (χ1) is 9.85. The predicted octanol–water partition coefficient (Wildman–Crippen LogP) is 2.38. The number of aliphatic hydroxyl groups excluding tert-OH is 1. The van der Waals surface area contributed by atoms with Gasteiger partial charge in [-0.25, -0.2) is 13.6 Å². The molecule has 0 aromatic heterocycles. The second-order valence-corrected chi connectivity index (χ2v) is 5.38. The highest BCUT2D eigenvalue weighted by atomic mass is 19.2. The Balaban J connectivity index is 2.47. The Bertz CT molecular complexity index is 483. The molecule has 0 saturated carbocycles. The maximum absolute atomic E-state index is 13.1. The first-order valence-electron chi connectivity index (χ1n) is 6.95. The molecule has 0 aliphatic heterocycles. The van der Waals surface area contributed by atoms with Gasteiger partial charge in [-0.15, -0.1) is 0 Å². The molecule has 0 bridgehead atoms. The van der Waals surface area contributed by atoms with E-state index < -0.39 is 11.6 Å². The van der Waals surface area contributed by atoms with Crippen LogP contribution in [0.4, 0.5) is 13.6 Å². The van der Waals surface area contributed by atoms with E-state index >= 15 is 0 Å². The third-order valence-electron chi connectivity index (χ3n) is 3.58. The fourth-order valence-electron chi connectivity index (χ4n) is 1.74. The van der Waals surface area contributed by atoms with E-state index in [-0.39, 0.29) is 30.5 Å². The number of carbonyl (C=O) groups excluding carboxylic acids is 1. The van der Waals surface area contributed by atoms with Gasteiger partial charge in [0.25, 0.3) is 0 Å². The topological polar surface area (TPSA) is 61.4 Å². The number of hydrogen-bond acceptors (Lipinski definition) is 2. The van der Waals surface area contributed by atoms with Gasteiger partial charge in [-0.05, 0) is 36.5 Å². The van der Waals surface area contributed by atoms with Crippen molar-refractivity contribution in [2.45, 2.75) is 32.7 Å². The Hall–Kier alpha value is -1.69. The maximum Gasteiger partial charge on any atom is 0.315 e. The molecule has 1 aromatic rings. The minimum absolute atomic E-state index is 0.00724. The molecule has 0 saturated heterocycles. The van der Waals surface area contributed by atoms with Crippen LogP contribution in [-0.4, -0.2) is 30.3 Å². The van der Waals surface area contributed by atoms with Crippen LogP contribution >= 0.6 is 0 Å². The van der Waals surface area contributed by atoms with Gasteiger partial charge in [0.2, 0.25) is 0 Å². The molecule has 0 unspecified atom stereocenters. The molecule has 3 N–H and O–H groups in total. The summed E-state index contributed by atoms with van der Waals surface area (Å²) in [6.07, 6.45) is 0. The quantitative estimate of drug-likeness (QED) is 0.755. The second kappa shape index (κ2) is 7.93. The predicted molar refractivity (Wildman–Crippen MR) is 77.0 cm³/mol. The molecule has 4 nitrogen and oxygen atoms in total. The van der Waals surface area contributed by atoms with Crippen molar-refractivity contribution in [2.24, 2.45) is 5.92 Å². The van der Waals surface area contributed by atoms with E-state index in [1.54, 1.807) is 6.92 Å². The zero-order chi connectivity index (χ0) is 16.0. The molecular formula is C15H22F2N2O2. The van der Waals surface area contributed by atoms with E-state index in [9.17, 15) is 13.6 Å². The largest absolute Gasteiger partial charge is 0.396 e. The van der Waals surface area contributed by atoms with Crippen molar-refractivity contribution < 1.29 is 18.7 Å². The lowest BCUT2D eigenvalue weighted by atomic mass is 10.0. The minimum atomic E-state index is -0.894. The smallest absolute Gasteiger partial charge is 0.315 e. The van der Waals surface area contributed by atoms with E-state index in [4.69, 9.17) is 5.11 Å². The average Bonchev–Trinajstić information content (AvgIpc) is 2.46. The van der Waals surface area contributed by atoms with Crippen molar-refractivity contribution in [3.63, 3.8) is 0 Å². The van der Waals surface area contributed by atoms with Crippen LogP contribution in [0.1, 0.15) is 32.3 Å². The molecule has 0 aliphatic rings. The first-order valence-corrected chi connectivity index (χ1v) is 6.95. The third kappa shape index (κ3) is 5.30. The third-order valence-corrected chi connectivity index (χ3v) is 3.58. The number of hydrogen-bond donors (Lipinski definition) is 3. The lowest BCUT2D eigenvalue weighted by Gasteiger charge is -2.20. The van der Waals surface area contributed by atoms with E-state index in [0.717, 1.165) is 12.1 Å². The van der Waals surface area contributed by atoms with Crippen molar-refractivity contribution in [1.82, 2.24) is 10.6 Å². The van der Waals surface area contributed by atoms with Crippen molar-refractivity contribution in [1.29, 1.82) is 0 Å². The van der Waals surface area contributed by atoms with E-state index in [1.807, 2.05) is 13.8 Å². The minimum Gasteiger partial charge on any atom is -0.396 e. The van der Waals surface area contributed by atoms with Gasteiger partial charge in [-0.2, -0.15) is 0 Å². The lowest BCUT2D eigenvalue weighted by Crippen LogP contribution is -2.45. The number of aliphatic hydroxyl groups is 1. The van der Waals surface area contributed by atoms with E-state index in [1.165, 1.54) is 6.07 Å². The number of urea groups is 1. The number of halogens is 2. The molecule has 21 heavy (non-hydrogen) atoms. The van der Waals surface area contributed by atoms with Crippen LogP contribution in [0.15, 0.2) is 18.2 Å². The Labute approximate surface area is 123 Å². The highest BCUT2D eigenvalue weighted by Gasteiger charge is 2.15. The van der Waals surface area contributed by atoms with Crippen molar-refractivity contribution in [2.75, 3.05) is 13.2 Å². The first kappa shape index (κ1) is 17.4. The Morgan fingerprint density at radius 3 is 2.48 bits per heavy atom. The number of benzene rings is 1. The number of amides is 2. The Kier molecular flexibility index (Phi) is 6.55. The maximum atomic E-state index is 13.1. The molecule has 2 amide bonds. The summed E-state index contributed by atoms with van der Waals surface area (Å²) in [5, 5.41) is 14.4. The van der Waals surface area contributed by atoms with Crippen LogP contribution in [0.3, 0.4) is 0 Å². The molecule has 6 heteroatoms. The highest BCUT2D eigenvalue weighted by Crippen LogP contribution is 2.17. The SMILES string of the molecule is C[C@H](CNC(=O)N[C@H](C)[C@@H](C)CO)c1ccc(F)c(F)c1. The van der Waals surface area contributed by atoms with Crippen LogP contribution in [0.2, 0.25) is 0 Å². The van der Waals surface area contributed by atoms with Gasteiger partial charge in [0.1, 0.15) is 0 Å². The molecule has 118 valence electrons. The zero-order valence-corrected chi connectivity index (χ0v) is 12.5. The molecule has 1 aromatic carbocycles. The van der Waals surface area contributed by atoms with Gasteiger partial charge < -0.3 is 15.7 Å². The van der Waals surface area contributed by atoms with Gasteiger partial charge in [-0.3, -0.25) is 0 Å². The molecule has 0 radical (unpaired) electrons. The van der Waals surface area contributed by atoms with Gasteiger partial charge in [0.05, 0.1) is 0 Å². The van der Waals surface area contributed by atoms with Crippen LogP contribution in [0, 0.1) is 17.6 Å². The fourth-order valence-corrected chi connectivity index (χ4v) is 1.74. The van der Waals surface area contributed by atoms with Crippen molar-refractivity contribution in [3.8, 4) is 0 Å². The highest BCUT2D eigenvalue weighted by molar-refractivity contribution is 5.74. The molecule has 0 aliphatic carbocycles. The summed E-state index contributed by atoms with van der Waals surface area (Å²) in [5.74, 6) is -1.96. The zero-order valence-electron chi connectivity index (χ0n) is 12.5. The summed E-state index contributed by atoms with van der Waals surface area (Å²) in [5.41, 5.74) is 0.617. The van der Waals surface area contributed by atoms with Crippen LogP contribution < -0.4 is 10.6 Å². The summed E-state index contributed by atoms with van der Waals surface area (Å²) in [7, 11) is 0. The van der Waals surface area contributed by atoms with Crippen LogP contribution in [0.5, 0.6) is 0 Å². The normalized spacial score (nSPS) is 15.1. The summed E-state index contributed by atoms with van der Waals surface area (Å²) in [6, 6.07) is 3.20. The second-order valence-electron chi connectivity index (χ2n) is 5.38. The number of rotatable bonds is 6. The molecule has 0 heterocycles. The van der Waals surface area contributed by atoms with E-state index in [2.05, 4.69) is 10.6 Å².